The van der Waals surface area contributed by atoms with E-state index in [4.69, 9.17) is 5.73 Å². The van der Waals surface area contributed by atoms with Crippen LogP contribution in [0.4, 0.5) is 4.39 Å². The van der Waals surface area contributed by atoms with Gasteiger partial charge in [0.05, 0.1) is 0 Å². The summed E-state index contributed by atoms with van der Waals surface area (Å²) < 4.78 is 12.9. The van der Waals surface area contributed by atoms with Crippen LogP contribution in [0.5, 0.6) is 0 Å². The van der Waals surface area contributed by atoms with Crippen LogP contribution in [-0.2, 0) is 0 Å². The van der Waals surface area contributed by atoms with Crippen molar-refractivity contribution < 1.29 is 4.39 Å². The average molecular weight is 409 g/mol. The number of hydrogen-bond donors (Lipinski definition) is 2. The monoisotopic (exact) mass is 408 g/mol. The first kappa shape index (κ1) is 27.9. The van der Waals surface area contributed by atoms with Gasteiger partial charge in [0.25, 0.3) is 0 Å². The van der Waals surface area contributed by atoms with Crippen LogP contribution in [0.25, 0.3) is 0 Å². The highest BCUT2D eigenvalue weighted by atomic mass is 35.5. The summed E-state index contributed by atoms with van der Waals surface area (Å²) in [4.78, 5) is 0. The molecule has 0 saturated carbocycles. The second-order valence-corrected chi connectivity index (χ2v) is 6.88. The Morgan fingerprint density at radius 2 is 1.31 bits per heavy atom. The summed E-state index contributed by atoms with van der Waals surface area (Å²) in [5.41, 5.74) is 7.13. The van der Waals surface area contributed by atoms with E-state index in [1.807, 2.05) is 0 Å². The molecule has 26 heavy (non-hydrogen) atoms. The molecule has 5 heteroatoms. The minimum absolute atomic E-state index is 0. The molecule has 0 aliphatic rings. The molecule has 0 radical (unpaired) electrons. The molecule has 0 bridgehead atoms. The zero-order valence-corrected chi connectivity index (χ0v) is 18.0. The summed E-state index contributed by atoms with van der Waals surface area (Å²) >= 11 is 0. The van der Waals surface area contributed by atoms with Crippen molar-refractivity contribution in [1.82, 2.24) is 5.32 Å². The Morgan fingerprint density at radius 1 is 0.808 bits per heavy atom. The van der Waals surface area contributed by atoms with Crippen LogP contribution in [0.1, 0.15) is 89.2 Å². The van der Waals surface area contributed by atoms with Gasteiger partial charge in [-0.1, -0.05) is 76.8 Å². The van der Waals surface area contributed by atoms with E-state index in [1.165, 1.54) is 76.3 Å². The maximum atomic E-state index is 12.9. The molecule has 3 N–H and O–H groups in total. The largest absolute Gasteiger partial charge is 0.324 e. The summed E-state index contributed by atoms with van der Waals surface area (Å²) in [5.74, 6) is -0.204. The van der Waals surface area contributed by atoms with E-state index < -0.39 is 0 Å². The quantitative estimate of drug-likeness (QED) is 0.322. The number of rotatable bonds is 15. The first-order valence-electron chi connectivity index (χ1n) is 9.95. The molecule has 1 aromatic carbocycles. The van der Waals surface area contributed by atoms with Gasteiger partial charge in [0.2, 0.25) is 0 Å². The molecular weight excluding hydrogens is 370 g/mol. The molecule has 0 aliphatic carbocycles. The van der Waals surface area contributed by atoms with Crippen molar-refractivity contribution in [3.05, 3.63) is 35.6 Å². The number of benzene rings is 1. The Labute approximate surface area is 172 Å². The van der Waals surface area contributed by atoms with Gasteiger partial charge in [-0.05, 0) is 43.6 Å². The van der Waals surface area contributed by atoms with Crippen LogP contribution >= 0.6 is 24.8 Å². The number of unbranched alkanes of at least 4 members (excludes halogenated alkanes) is 9. The van der Waals surface area contributed by atoms with Crippen molar-refractivity contribution in [3.63, 3.8) is 0 Å². The predicted molar refractivity (Wildman–Crippen MR) is 117 cm³/mol. The lowest BCUT2D eigenvalue weighted by Crippen LogP contribution is -2.22. The van der Waals surface area contributed by atoms with Crippen LogP contribution in [-0.4, -0.2) is 13.1 Å². The maximum absolute atomic E-state index is 12.9. The van der Waals surface area contributed by atoms with Crippen LogP contribution in [0.3, 0.4) is 0 Å². The third-order valence-electron chi connectivity index (χ3n) is 4.64. The molecule has 0 aliphatic heterocycles. The molecule has 0 heterocycles. The van der Waals surface area contributed by atoms with Crippen molar-refractivity contribution in [3.8, 4) is 0 Å². The molecule has 0 amide bonds. The first-order valence-corrected chi connectivity index (χ1v) is 9.95. The molecule has 1 rings (SSSR count). The molecule has 0 fully saturated rings. The van der Waals surface area contributed by atoms with Gasteiger partial charge in [-0.3, -0.25) is 0 Å². The van der Waals surface area contributed by atoms with Crippen molar-refractivity contribution in [2.75, 3.05) is 13.1 Å². The lowest BCUT2D eigenvalue weighted by atomic mass is 10.0. The zero-order valence-electron chi connectivity index (χ0n) is 16.4. The SMILES string of the molecule is CCCCCCCCCCCCNCCC(N)c1ccc(F)cc1.Cl.Cl. The minimum Gasteiger partial charge on any atom is -0.324 e. The molecule has 1 unspecified atom stereocenters. The van der Waals surface area contributed by atoms with Gasteiger partial charge in [0, 0.05) is 6.04 Å². The van der Waals surface area contributed by atoms with Gasteiger partial charge < -0.3 is 11.1 Å². The van der Waals surface area contributed by atoms with Crippen LogP contribution in [0.2, 0.25) is 0 Å². The fraction of sp³-hybridized carbons (Fsp3) is 0.714. The number of hydrogen-bond acceptors (Lipinski definition) is 2. The van der Waals surface area contributed by atoms with E-state index in [9.17, 15) is 4.39 Å². The van der Waals surface area contributed by atoms with Crippen molar-refractivity contribution in [1.29, 1.82) is 0 Å². The maximum Gasteiger partial charge on any atom is 0.123 e. The van der Waals surface area contributed by atoms with E-state index in [1.54, 1.807) is 12.1 Å². The predicted octanol–water partition coefficient (Wildman–Crippen LogP) is 6.57. The van der Waals surface area contributed by atoms with E-state index >= 15 is 0 Å². The van der Waals surface area contributed by atoms with Crippen LogP contribution < -0.4 is 11.1 Å². The fourth-order valence-corrected chi connectivity index (χ4v) is 3.00. The van der Waals surface area contributed by atoms with E-state index in [-0.39, 0.29) is 36.7 Å². The van der Waals surface area contributed by atoms with E-state index in [2.05, 4.69) is 12.2 Å². The molecule has 0 saturated heterocycles. The van der Waals surface area contributed by atoms with Gasteiger partial charge in [-0.15, -0.1) is 24.8 Å². The van der Waals surface area contributed by atoms with Gasteiger partial charge >= 0.3 is 0 Å². The summed E-state index contributed by atoms with van der Waals surface area (Å²) in [6.45, 7) is 4.27. The zero-order chi connectivity index (χ0) is 17.5. The van der Waals surface area contributed by atoms with Gasteiger partial charge in [-0.2, -0.15) is 0 Å². The second-order valence-electron chi connectivity index (χ2n) is 6.88. The molecule has 1 aromatic rings. The highest BCUT2D eigenvalue weighted by Gasteiger charge is 2.05. The average Bonchev–Trinajstić information content (AvgIpc) is 2.59. The first-order chi connectivity index (χ1) is 11.7. The van der Waals surface area contributed by atoms with Crippen molar-refractivity contribution in [2.45, 2.75) is 83.6 Å². The Morgan fingerprint density at radius 3 is 1.85 bits per heavy atom. The third kappa shape index (κ3) is 14.8. The second kappa shape index (κ2) is 19.4. The van der Waals surface area contributed by atoms with Crippen molar-refractivity contribution in [2.24, 2.45) is 5.73 Å². The molecule has 0 spiro atoms. The summed E-state index contributed by atoms with van der Waals surface area (Å²) in [6, 6.07) is 6.51. The summed E-state index contributed by atoms with van der Waals surface area (Å²) in [7, 11) is 0. The van der Waals surface area contributed by atoms with Crippen LogP contribution in [0, 0.1) is 5.82 Å². The molecule has 2 nitrogen and oxygen atoms in total. The lowest BCUT2D eigenvalue weighted by Gasteiger charge is -2.12. The third-order valence-corrected chi connectivity index (χ3v) is 4.64. The van der Waals surface area contributed by atoms with Gasteiger partial charge in [0.15, 0.2) is 0 Å². The lowest BCUT2D eigenvalue weighted by molar-refractivity contribution is 0.530. The summed E-state index contributed by atoms with van der Waals surface area (Å²) in [6.07, 6.45) is 14.6. The standard InChI is InChI=1S/C21H37FN2.2ClH/c1-2-3-4-5-6-7-8-9-10-11-17-24-18-16-21(23)19-12-14-20(22)15-13-19;;/h12-15,21,24H,2-11,16-18,23H2,1H3;2*1H. The number of halogens is 3. The highest BCUT2D eigenvalue weighted by molar-refractivity contribution is 5.85. The Balaban J connectivity index is 0. The number of nitrogens with two attached hydrogens (primary N) is 1. The normalized spacial score (nSPS) is 11.5. The Kier molecular flexibility index (Phi) is 20.8. The van der Waals surface area contributed by atoms with Gasteiger partial charge in [-0.25, -0.2) is 4.39 Å². The highest BCUT2D eigenvalue weighted by Crippen LogP contribution is 2.14. The molecule has 1 atom stereocenters. The minimum atomic E-state index is -0.204. The molecule has 0 aromatic heterocycles. The number of nitrogens with one attached hydrogen (secondary N) is 1. The van der Waals surface area contributed by atoms with Gasteiger partial charge in [0.1, 0.15) is 5.82 Å². The fourth-order valence-electron chi connectivity index (χ4n) is 3.00. The molecular formula is C21H39Cl2FN2. The Hall–Kier alpha value is -0.350. The van der Waals surface area contributed by atoms with Crippen molar-refractivity contribution >= 4 is 24.8 Å². The van der Waals surface area contributed by atoms with E-state index in [0.29, 0.717) is 0 Å². The molecule has 154 valence electrons. The Bertz CT molecular complexity index is 402. The summed E-state index contributed by atoms with van der Waals surface area (Å²) in [5, 5.41) is 3.47. The van der Waals surface area contributed by atoms with E-state index in [0.717, 1.165) is 25.1 Å². The smallest absolute Gasteiger partial charge is 0.123 e. The topological polar surface area (TPSA) is 38.0 Å². The van der Waals surface area contributed by atoms with Crippen LogP contribution in [0.15, 0.2) is 24.3 Å².